The van der Waals surface area contributed by atoms with Crippen molar-refractivity contribution in [2.24, 2.45) is 0 Å². The molecule has 0 radical (unpaired) electrons. The second-order valence-corrected chi connectivity index (χ2v) is 5.67. The van der Waals surface area contributed by atoms with Crippen molar-refractivity contribution >= 4 is 11.3 Å². The highest BCUT2D eigenvalue weighted by atomic mass is 32.1. The maximum atomic E-state index is 5.75. The Hall–Kier alpha value is -1.32. The predicted molar refractivity (Wildman–Crippen MR) is 76.2 cm³/mol. The van der Waals surface area contributed by atoms with Gasteiger partial charge in [-0.25, -0.2) is 0 Å². The molecule has 0 unspecified atom stereocenters. The largest absolute Gasteiger partial charge is 0.490 e. The lowest BCUT2D eigenvalue weighted by Crippen LogP contribution is -2.02. The average molecular weight is 259 g/mol. The second-order valence-electron chi connectivity index (χ2n) is 4.67. The van der Waals surface area contributed by atoms with Crippen LogP contribution in [0.15, 0.2) is 35.7 Å². The smallest absolute Gasteiger partial charge is 0.119 e. The fourth-order valence-electron chi connectivity index (χ4n) is 1.90. The molecule has 1 saturated carbocycles. The van der Waals surface area contributed by atoms with E-state index < -0.39 is 0 Å². The molecule has 2 nitrogen and oxygen atoms in total. The van der Waals surface area contributed by atoms with E-state index in [0.29, 0.717) is 6.10 Å². The van der Waals surface area contributed by atoms with Crippen molar-refractivity contribution < 1.29 is 4.74 Å². The first-order chi connectivity index (χ1) is 8.85. The Bertz CT molecular complexity index is 514. The zero-order valence-electron chi connectivity index (χ0n) is 10.5. The van der Waals surface area contributed by atoms with Crippen LogP contribution >= 0.6 is 11.3 Å². The third-order valence-corrected chi connectivity index (χ3v) is 3.96. The maximum absolute atomic E-state index is 5.75. The van der Waals surface area contributed by atoms with E-state index in [-0.39, 0.29) is 0 Å². The maximum Gasteiger partial charge on any atom is 0.119 e. The van der Waals surface area contributed by atoms with Crippen LogP contribution in [0.4, 0.5) is 0 Å². The number of benzene rings is 1. The first kappa shape index (κ1) is 11.8. The molecule has 1 heterocycles. The summed E-state index contributed by atoms with van der Waals surface area (Å²) >= 11 is 1.80. The van der Waals surface area contributed by atoms with Crippen molar-refractivity contribution in [3.05, 3.63) is 40.6 Å². The lowest BCUT2D eigenvalue weighted by atomic mass is 10.1. The highest BCUT2D eigenvalue weighted by molar-refractivity contribution is 7.10. The Morgan fingerprint density at radius 1 is 1.22 bits per heavy atom. The van der Waals surface area contributed by atoms with E-state index in [1.165, 1.54) is 28.8 Å². The Balaban J connectivity index is 1.73. The molecule has 1 aromatic carbocycles. The van der Waals surface area contributed by atoms with Crippen LogP contribution in [-0.2, 0) is 6.54 Å². The Morgan fingerprint density at radius 2 is 2.00 bits per heavy atom. The van der Waals surface area contributed by atoms with Gasteiger partial charge in [0.25, 0.3) is 0 Å². The molecule has 0 saturated heterocycles. The summed E-state index contributed by atoms with van der Waals surface area (Å²) in [6.07, 6.45) is 2.89. The van der Waals surface area contributed by atoms with Crippen molar-refractivity contribution in [2.75, 3.05) is 7.05 Å². The molecule has 0 bridgehead atoms. The highest BCUT2D eigenvalue weighted by Crippen LogP contribution is 2.30. The van der Waals surface area contributed by atoms with Crippen molar-refractivity contribution in [1.29, 1.82) is 0 Å². The summed E-state index contributed by atoms with van der Waals surface area (Å²) < 4.78 is 5.75. The SMILES string of the molecule is CNCc1cc(-c2ccc(OC3CC3)cc2)cs1. The zero-order chi connectivity index (χ0) is 12.4. The summed E-state index contributed by atoms with van der Waals surface area (Å²) in [4.78, 5) is 1.37. The quantitative estimate of drug-likeness (QED) is 0.884. The van der Waals surface area contributed by atoms with Gasteiger partial charge in [0.15, 0.2) is 0 Å². The molecule has 1 aliphatic rings. The third kappa shape index (κ3) is 2.74. The van der Waals surface area contributed by atoms with Crippen LogP contribution < -0.4 is 10.1 Å². The van der Waals surface area contributed by atoms with Crippen LogP contribution in [-0.4, -0.2) is 13.2 Å². The van der Waals surface area contributed by atoms with Gasteiger partial charge in [0.1, 0.15) is 5.75 Å². The Labute approximate surface area is 112 Å². The number of nitrogens with one attached hydrogen (secondary N) is 1. The van der Waals surface area contributed by atoms with Gasteiger partial charge in [0.05, 0.1) is 6.10 Å². The first-order valence-electron chi connectivity index (χ1n) is 6.34. The minimum atomic E-state index is 0.472. The fourth-order valence-corrected chi connectivity index (χ4v) is 2.81. The molecule has 94 valence electrons. The summed E-state index contributed by atoms with van der Waals surface area (Å²) in [5, 5.41) is 5.39. The lowest BCUT2D eigenvalue weighted by Gasteiger charge is -2.04. The zero-order valence-corrected chi connectivity index (χ0v) is 11.3. The number of ether oxygens (including phenoxy) is 1. The van der Waals surface area contributed by atoms with E-state index in [9.17, 15) is 0 Å². The number of hydrogen-bond donors (Lipinski definition) is 1. The van der Waals surface area contributed by atoms with E-state index in [1.54, 1.807) is 11.3 Å². The van der Waals surface area contributed by atoms with Gasteiger partial charge in [0.2, 0.25) is 0 Å². The molecule has 1 aliphatic carbocycles. The van der Waals surface area contributed by atoms with Gasteiger partial charge in [-0.1, -0.05) is 12.1 Å². The molecule has 3 rings (SSSR count). The second kappa shape index (κ2) is 5.12. The van der Waals surface area contributed by atoms with E-state index in [1.807, 2.05) is 7.05 Å². The normalized spacial score (nSPS) is 14.7. The number of hydrogen-bond acceptors (Lipinski definition) is 3. The molecular formula is C15H17NOS. The number of rotatable bonds is 5. The van der Waals surface area contributed by atoms with Crippen molar-refractivity contribution in [3.8, 4) is 16.9 Å². The molecule has 3 heteroatoms. The van der Waals surface area contributed by atoms with Crippen LogP contribution in [0.3, 0.4) is 0 Å². The van der Waals surface area contributed by atoms with E-state index in [4.69, 9.17) is 4.74 Å². The molecule has 1 N–H and O–H groups in total. The minimum Gasteiger partial charge on any atom is -0.490 e. The predicted octanol–water partition coefficient (Wildman–Crippen LogP) is 3.68. The van der Waals surface area contributed by atoms with Gasteiger partial charge in [-0.2, -0.15) is 0 Å². The van der Waals surface area contributed by atoms with Crippen molar-refractivity contribution in [1.82, 2.24) is 5.32 Å². The standard InChI is InChI=1S/C15H17NOS/c1-16-9-15-8-12(10-18-15)11-2-4-13(5-3-11)17-14-6-7-14/h2-5,8,10,14,16H,6-7,9H2,1H3. The molecule has 18 heavy (non-hydrogen) atoms. The molecule has 0 spiro atoms. The Morgan fingerprint density at radius 3 is 2.67 bits per heavy atom. The fraction of sp³-hybridized carbons (Fsp3) is 0.333. The van der Waals surface area contributed by atoms with E-state index >= 15 is 0 Å². The Kier molecular flexibility index (Phi) is 3.35. The van der Waals surface area contributed by atoms with E-state index in [2.05, 4.69) is 41.0 Å². The van der Waals surface area contributed by atoms with Gasteiger partial charge >= 0.3 is 0 Å². The average Bonchev–Trinajstić information content (AvgIpc) is 3.07. The topological polar surface area (TPSA) is 21.3 Å². The summed E-state index contributed by atoms with van der Waals surface area (Å²) in [5.41, 5.74) is 2.56. The van der Waals surface area contributed by atoms with Gasteiger partial charge in [0, 0.05) is 11.4 Å². The molecule has 1 fully saturated rings. The number of thiophene rings is 1. The van der Waals surface area contributed by atoms with Gasteiger partial charge < -0.3 is 10.1 Å². The van der Waals surface area contributed by atoms with E-state index in [0.717, 1.165) is 12.3 Å². The van der Waals surface area contributed by atoms with Gasteiger partial charge in [-0.15, -0.1) is 11.3 Å². The van der Waals surface area contributed by atoms with Gasteiger partial charge in [-0.05, 0) is 54.6 Å². The third-order valence-electron chi connectivity index (χ3n) is 3.02. The summed E-state index contributed by atoms with van der Waals surface area (Å²) in [6, 6.07) is 10.7. The molecule has 0 atom stereocenters. The first-order valence-corrected chi connectivity index (χ1v) is 7.22. The summed E-state index contributed by atoms with van der Waals surface area (Å²) in [5.74, 6) is 0.993. The monoisotopic (exact) mass is 259 g/mol. The van der Waals surface area contributed by atoms with Crippen molar-refractivity contribution in [3.63, 3.8) is 0 Å². The van der Waals surface area contributed by atoms with Crippen LogP contribution in [0.2, 0.25) is 0 Å². The minimum absolute atomic E-state index is 0.472. The lowest BCUT2D eigenvalue weighted by molar-refractivity contribution is 0.303. The van der Waals surface area contributed by atoms with Crippen molar-refractivity contribution in [2.45, 2.75) is 25.5 Å². The van der Waals surface area contributed by atoms with Crippen LogP contribution in [0.5, 0.6) is 5.75 Å². The molecule has 1 aromatic heterocycles. The highest BCUT2D eigenvalue weighted by Gasteiger charge is 2.23. The van der Waals surface area contributed by atoms with Crippen LogP contribution in [0.1, 0.15) is 17.7 Å². The van der Waals surface area contributed by atoms with Crippen LogP contribution in [0, 0.1) is 0 Å². The molecule has 0 aliphatic heterocycles. The van der Waals surface area contributed by atoms with Gasteiger partial charge in [-0.3, -0.25) is 0 Å². The molecular weight excluding hydrogens is 242 g/mol. The summed E-state index contributed by atoms with van der Waals surface area (Å²) in [7, 11) is 1.98. The molecule has 2 aromatic rings. The molecule has 0 amide bonds. The summed E-state index contributed by atoms with van der Waals surface area (Å²) in [6.45, 7) is 0.938. The van der Waals surface area contributed by atoms with Crippen LogP contribution in [0.25, 0.3) is 11.1 Å².